The van der Waals surface area contributed by atoms with Gasteiger partial charge in [0.25, 0.3) is 5.91 Å². The third-order valence-corrected chi connectivity index (χ3v) is 5.24. The minimum Gasteiger partial charge on any atom is -0.481 e. The predicted molar refractivity (Wildman–Crippen MR) is 127 cm³/mol. The van der Waals surface area contributed by atoms with E-state index in [1.165, 1.54) is 0 Å². The lowest BCUT2D eigenvalue weighted by Crippen LogP contribution is -2.50. The van der Waals surface area contributed by atoms with Crippen molar-refractivity contribution in [3.8, 4) is 0 Å². The summed E-state index contributed by atoms with van der Waals surface area (Å²) in [6.07, 6.45) is 0.168. The summed E-state index contributed by atoms with van der Waals surface area (Å²) in [6, 6.07) is 14.6. The molecule has 0 bridgehead atoms. The summed E-state index contributed by atoms with van der Waals surface area (Å²) >= 11 is 0. The van der Waals surface area contributed by atoms with Crippen LogP contribution in [-0.2, 0) is 16.0 Å². The van der Waals surface area contributed by atoms with Crippen molar-refractivity contribution >= 4 is 29.3 Å². The van der Waals surface area contributed by atoms with Gasteiger partial charge >= 0.3 is 12.1 Å². The average Bonchev–Trinajstić information content (AvgIpc) is 2.77. The van der Waals surface area contributed by atoms with E-state index in [1.807, 2.05) is 39.0 Å². The van der Waals surface area contributed by atoms with E-state index < -0.39 is 11.6 Å². The quantitative estimate of drug-likeness (QED) is 0.686. The molecule has 1 fully saturated rings. The molecule has 2 amide bonds. The van der Waals surface area contributed by atoms with E-state index in [2.05, 4.69) is 10.2 Å². The highest BCUT2D eigenvalue weighted by atomic mass is 16.6. The zero-order valence-electron chi connectivity index (χ0n) is 19.3. The van der Waals surface area contributed by atoms with E-state index in [9.17, 15) is 14.4 Å². The number of rotatable bonds is 6. The van der Waals surface area contributed by atoms with Crippen LogP contribution in [0.25, 0.3) is 0 Å². The highest BCUT2D eigenvalue weighted by Gasteiger charge is 2.26. The molecule has 0 aromatic heterocycles. The molecule has 0 spiro atoms. The number of nitrogens with zero attached hydrogens (tertiary/aromatic N) is 2. The van der Waals surface area contributed by atoms with Gasteiger partial charge in [-0.2, -0.15) is 0 Å². The summed E-state index contributed by atoms with van der Waals surface area (Å²) in [5.74, 6) is -1.08. The fourth-order valence-electron chi connectivity index (χ4n) is 3.56. The van der Waals surface area contributed by atoms with Crippen molar-refractivity contribution in [1.29, 1.82) is 0 Å². The summed E-state index contributed by atoms with van der Waals surface area (Å²) < 4.78 is 5.44. The van der Waals surface area contributed by atoms with Crippen LogP contribution in [0.4, 0.5) is 16.2 Å². The first kappa shape index (κ1) is 24.1. The van der Waals surface area contributed by atoms with Crippen molar-refractivity contribution < 1.29 is 24.2 Å². The van der Waals surface area contributed by atoms with Gasteiger partial charge in [-0.05, 0) is 69.2 Å². The molecule has 0 saturated carbocycles. The SMILES string of the molecule is CC(C)(C)OC(=O)N1CCN(c2ccc(C(=O)Nc3cccc(CCC(=O)O)c3)cc2)CC1. The van der Waals surface area contributed by atoms with Gasteiger partial charge in [-0.15, -0.1) is 0 Å². The van der Waals surface area contributed by atoms with Crippen LogP contribution < -0.4 is 10.2 Å². The number of benzene rings is 2. The Kier molecular flexibility index (Phi) is 7.58. The molecule has 176 valence electrons. The molecule has 1 saturated heterocycles. The molecule has 1 aliphatic rings. The van der Waals surface area contributed by atoms with Crippen LogP contribution in [0, 0.1) is 0 Å². The summed E-state index contributed by atoms with van der Waals surface area (Å²) in [4.78, 5) is 39.5. The van der Waals surface area contributed by atoms with Crippen molar-refractivity contribution in [3.05, 3.63) is 59.7 Å². The Labute approximate surface area is 194 Å². The number of carboxylic acid groups (broad SMARTS) is 1. The number of hydrogen-bond donors (Lipinski definition) is 2. The molecule has 0 aliphatic carbocycles. The van der Waals surface area contributed by atoms with Crippen LogP contribution in [0.2, 0.25) is 0 Å². The number of ether oxygens (including phenoxy) is 1. The second kappa shape index (κ2) is 10.4. The van der Waals surface area contributed by atoms with Crippen LogP contribution in [0.3, 0.4) is 0 Å². The van der Waals surface area contributed by atoms with Gasteiger partial charge in [0.05, 0.1) is 0 Å². The summed E-state index contributed by atoms with van der Waals surface area (Å²) in [5, 5.41) is 11.7. The van der Waals surface area contributed by atoms with E-state index in [1.54, 1.807) is 35.2 Å². The second-order valence-corrected chi connectivity index (χ2v) is 9.05. The minimum atomic E-state index is -0.851. The fourth-order valence-corrected chi connectivity index (χ4v) is 3.56. The number of carboxylic acids is 1. The molecule has 8 nitrogen and oxygen atoms in total. The van der Waals surface area contributed by atoms with Crippen LogP contribution in [-0.4, -0.2) is 59.8 Å². The van der Waals surface area contributed by atoms with E-state index >= 15 is 0 Å². The zero-order chi connectivity index (χ0) is 24.0. The summed E-state index contributed by atoms with van der Waals surface area (Å²) in [7, 11) is 0. The maximum atomic E-state index is 12.6. The van der Waals surface area contributed by atoms with Crippen molar-refractivity contribution in [2.75, 3.05) is 36.4 Å². The van der Waals surface area contributed by atoms with Crippen LogP contribution in [0.15, 0.2) is 48.5 Å². The van der Waals surface area contributed by atoms with Gasteiger partial charge in [-0.3, -0.25) is 9.59 Å². The monoisotopic (exact) mass is 453 g/mol. The van der Waals surface area contributed by atoms with Gasteiger partial charge < -0.3 is 25.0 Å². The highest BCUT2D eigenvalue weighted by Crippen LogP contribution is 2.20. The average molecular weight is 454 g/mol. The normalized spacial score (nSPS) is 14.0. The van der Waals surface area contributed by atoms with Crippen LogP contribution >= 0.6 is 0 Å². The molecule has 0 radical (unpaired) electrons. The number of anilines is 2. The van der Waals surface area contributed by atoms with Crippen LogP contribution in [0.5, 0.6) is 0 Å². The number of carbonyl (C=O) groups excluding carboxylic acids is 2. The van der Waals surface area contributed by atoms with E-state index in [4.69, 9.17) is 9.84 Å². The molecule has 0 atom stereocenters. The topological polar surface area (TPSA) is 99.2 Å². The van der Waals surface area contributed by atoms with Gasteiger partial charge in [0.2, 0.25) is 0 Å². The Bertz CT molecular complexity index is 990. The largest absolute Gasteiger partial charge is 0.481 e. The summed E-state index contributed by atoms with van der Waals surface area (Å²) in [5.41, 5.74) is 2.50. The molecule has 2 N–H and O–H groups in total. The number of piperazine rings is 1. The summed E-state index contributed by atoms with van der Waals surface area (Å²) in [6.45, 7) is 8.10. The van der Waals surface area contributed by atoms with Gasteiger partial charge in [0.1, 0.15) is 5.60 Å². The number of aryl methyl sites for hydroxylation is 1. The Morgan fingerprint density at radius 3 is 2.27 bits per heavy atom. The zero-order valence-corrected chi connectivity index (χ0v) is 19.3. The number of amides is 2. The first-order chi connectivity index (χ1) is 15.6. The third kappa shape index (κ3) is 7.24. The van der Waals surface area contributed by atoms with Crippen molar-refractivity contribution in [1.82, 2.24) is 4.90 Å². The highest BCUT2D eigenvalue weighted by molar-refractivity contribution is 6.04. The van der Waals surface area contributed by atoms with E-state index in [0.29, 0.717) is 43.9 Å². The van der Waals surface area contributed by atoms with Crippen molar-refractivity contribution in [2.24, 2.45) is 0 Å². The Hall–Kier alpha value is -3.55. The second-order valence-electron chi connectivity index (χ2n) is 9.05. The molecule has 33 heavy (non-hydrogen) atoms. The van der Waals surface area contributed by atoms with Gasteiger partial charge in [-0.25, -0.2) is 4.79 Å². The number of hydrogen-bond acceptors (Lipinski definition) is 5. The van der Waals surface area contributed by atoms with Gasteiger partial charge in [0, 0.05) is 49.5 Å². The third-order valence-electron chi connectivity index (χ3n) is 5.24. The molecule has 2 aromatic carbocycles. The lowest BCUT2D eigenvalue weighted by Gasteiger charge is -2.36. The number of carbonyl (C=O) groups is 3. The molecule has 2 aromatic rings. The lowest BCUT2D eigenvalue weighted by molar-refractivity contribution is -0.136. The molecular weight excluding hydrogens is 422 g/mol. The lowest BCUT2D eigenvalue weighted by atomic mass is 10.1. The standard InChI is InChI=1S/C25H31N3O5/c1-25(2,3)33-24(32)28-15-13-27(14-16-28)21-10-8-19(9-11-21)23(31)26-20-6-4-5-18(17-20)7-12-22(29)30/h4-6,8-11,17H,7,12-16H2,1-3H3,(H,26,31)(H,29,30). The van der Waals surface area contributed by atoms with Gasteiger partial charge in [0.15, 0.2) is 0 Å². The Balaban J connectivity index is 1.54. The molecule has 1 heterocycles. The molecule has 1 aliphatic heterocycles. The first-order valence-electron chi connectivity index (χ1n) is 11.1. The van der Waals surface area contributed by atoms with E-state index in [-0.39, 0.29) is 18.4 Å². The molecule has 8 heteroatoms. The minimum absolute atomic E-state index is 0.0465. The maximum absolute atomic E-state index is 12.6. The number of aliphatic carboxylic acids is 1. The van der Waals surface area contributed by atoms with E-state index in [0.717, 1.165) is 11.3 Å². The maximum Gasteiger partial charge on any atom is 0.410 e. The van der Waals surface area contributed by atoms with Crippen molar-refractivity contribution in [3.63, 3.8) is 0 Å². The van der Waals surface area contributed by atoms with Crippen LogP contribution in [0.1, 0.15) is 43.1 Å². The first-order valence-corrected chi connectivity index (χ1v) is 11.1. The van der Waals surface area contributed by atoms with Gasteiger partial charge in [-0.1, -0.05) is 12.1 Å². The molecule has 3 rings (SSSR count). The predicted octanol–water partition coefficient (Wildman–Crippen LogP) is 4.01. The van der Waals surface area contributed by atoms with Crippen molar-refractivity contribution in [2.45, 2.75) is 39.2 Å². The molecular formula is C25H31N3O5. The smallest absolute Gasteiger partial charge is 0.410 e. The fraction of sp³-hybridized carbons (Fsp3) is 0.400. The Morgan fingerprint density at radius 2 is 1.67 bits per heavy atom. The Morgan fingerprint density at radius 1 is 1.00 bits per heavy atom. The molecule has 0 unspecified atom stereocenters. The number of nitrogens with one attached hydrogen (secondary N) is 1.